The Morgan fingerprint density at radius 1 is 1.37 bits per heavy atom. The largest absolute Gasteiger partial charge is 0.308 e. The first kappa shape index (κ1) is 14.4. The van der Waals surface area contributed by atoms with Crippen molar-refractivity contribution in [3.63, 3.8) is 0 Å². The number of hydrogen-bond donors (Lipinski definition) is 1. The normalized spacial score (nSPS) is 12.6. The molecule has 0 aliphatic carbocycles. The maximum atomic E-state index is 6.15. The highest BCUT2D eigenvalue weighted by Crippen LogP contribution is 2.29. The maximum absolute atomic E-state index is 6.15. The van der Waals surface area contributed by atoms with Crippen molar-refractivity contribution in [3.05, 3.63) is 33.8 Å². The molecule has 1 aromatic heterocycles. The number of aryl methyl sites for hydroxylation is 1. The SMILES string of the molecule is CCCNC(C)c1nnc(-c2ccc(C)c(Cl)c2)s1. The highest BCUT2D eigenvalue weighted by molar-refractivity contribution is 7.14. The summed E-state index contributed by atoms with van der Waals surface area (Å²) in [7, 11) is 0. The lowest BCUT2D eigenvalue weighted by molar-refractivity contribution is 0.564. The van der Waals surface area contributed by atoms with Crippen LogP contribution in [0.15, 0.2) is 18.2 Å². The van der Waals surface area contributed by atoms with Crippen molar-refractivity contribution >= 4 is 22.9 Å². The fraction of sp³-hybridized carbons (Fsp3) is 0.429. The summed E-state index contributed by atoms with van der Waals surface area (Å²) >= 11 is 7.76. The number of nitrogens with zero attached hydrogens (tertiary/aromatic N) is 2. The molecule has 1 unspecified atom stereocenters. The lowest BCUT2D eigenvalue weighted by Gasteiger charge is -2.08. The molecule has 0 amide bonds. The van der Waals surface area contributed by atoms with Gasteiger partial charge >= 0.3 is 0 Å². The van der Waals surface area contributed by atoms with Gasteiger partial charge in [0.2, 0.25) is 0 Å². The van der Waals surface area contributed by atoms with Gasteiger partial charge in [0.15, 0.2) is 0 Å². The Morgan fingerprint density at radius 2 is 2.16 bits per heavy atom. The van der Waals surface area contributed by atoms with Gasteiger partial charge in [0.25, 0.3) is 0 Å². The molecule has 0 aliphatic heterocycles. The van der Waals surface area contributed by atoms with Crippen molar-refractivity contribution < 1.29 is 0 Å². The smallest absolute Gasteiger partial charge is 0.147 e. The zero-order valence-corrected chi connectivity index (χ0v) is 13.0. The summed E-state index contributed by atoms with van der Waals surface area (Å²) in [6.07, 6.45) is 1.11. The molecule has 102 valence electrons. The zero-order valence-electron chi connectivity index (χ0n) is 11.4. The third-order valence-electron chi connectivity index (χ3n) is 2.93. The van der Waals surface area contributed by atoms with E-state index in [9.17, 15) is 0 Å². The minimum absolute atomic E-state index is 0.243. The van der Waals surface area contributed by atoms with Crippen LogP contribution in [-0.2, 0) is 0 Å². The van der Waals surface area contributed by atoms with Crippen LogP contribution in [0, 0.1) is 6.92 Å². The average molecular weight is 296 g/mol. The number of hydrogen-bond acceptors (Lipinski definition) is 4. The van der Waals surface area contributed by atoms with Crippen molar-refractivity contribution in [2.45, 2.75) is 33.2 Å². The molecule has 3 nitrogen and oxygen atoms in total. The average Bonchev–Trinajstić information content (AvgIpc) is 2.89. The van der Waals surface area contributed by atoms with Crippen LogP contribution in [-0.4, -0.2) is 16.7 Å². The molecule has 1 heterocycles. The minimum Gasteiger partial charge on any atom is -0.308 e. The molecule has 0 saturated carbocycles. The Hall–Kier alpha value is -0.970. The van der Waals surface area contributed by atoms with Crippen LogP contribution >= 0.6 is 22.9 Å². The van der Waals surface area contributed by atoms with Gasteiger partial charge in [0, 0.05) is 10.6 Å². The summed E-state index contributed by atoms with van der Waals surface area (Å²) in [6.45, 7) is 7.25. The lowest BCUT2D eigenvalue weighted by Crippen LogP contribution is -2.18. The van der Waals surface area contributed by atoms with Gasteiger partial charge in [0.05, 0.1) is 6.04 Å². The topological polar surface area (TPSA) is 37.8 Å². The van der Waals surface area contributed by atoms with E-state index in [2.05, 4.69) is 29.4 Å². The Balaban J connectivity index is 2.18. The monoisotopic (exact) mass is 295 g/mol. The van der Waals surface area contributed by atoms with Crippen molar-refractivity contribution in [3.8, 4) is 10.6 Å². The van der Waals surface area contributed by atoms with E-state index >= 15 is 0 Å². The second-order valence-corrected chi connectivity index (χ2v) is 6.00. The van der Waals surface area contributed by atoms with E-state index in [1.54, 1.807) is 11.3 Å². The molecule has 0 bridgehead atoms. The second-order valence-electron chi connectivity index (χ2n) is 4.59. The summed E-state index contributed by atoms with van der Waals surface area (Å²) in [6, 6.07) is 6.24. The fourth-order valence-corrected chi connectivity index (χ4v) is 2.75. The number of halogens is 1. The molecule has 19 heavy (non-hydrogen) atoms. The van der Waals surface area contributed by atoms with Crippen molar-refractivity contribution in [2.24, 2.45) is 0 Å². The second kappa shape index (κ2) is 6.46. The molecule has 5 heteroatoms. The van der Waals surface area contributed by atoms with E-state index in [-0.39, 0.29) is 6.04 Å². The first-order valence-corrected chi connectivity index (χ1v) is 7.64. The number of aromatic nitrogens is 2. The summed E-state index contributed by atoms with van der Waals surface area (Å²) in [5, 5.41) is 14.6. The van der Waals surface area contributed by atoms with Crippen LogP contribution in [0.3, 0.4) is 0 Å². The molecule has 0 fully saturated rings. The van der Waals surface area contributed by atoms with Crippen LogP contribution in [0.4, 0.5) is 0 Å². The van der Waals surface area contributed by atoms with E-state index in [0.29, 0.717) is 0 Å². The predicted octanol–water partition coefficient (Wildman–Crippen LogP) is 4.23. The van der Waals surface area contributed by atoms with Crippen LogP contribution < -0.4 is 5.32 Å². The summed E-state index contributed by atoms with van der Waals surface area (Å²) in [5.74, 6) is 0. The molecule has 2 aromatic rings. The molecule has 0 saturated heterocycles. The first-order valence-electron chi connectivity index (χ1n) is 6.45. The molecule has 0 spiro atoms. The maximum Gasteiger partial charge on any atom is 0.147 e. The minimum atomic E-state index is 0.243. The van der Waals surface area contributed by atoms with Gasteiger partial charge < -0.3 is 5.32 Å². The van der Waals surface area contributed by atoms with Gasteiger partial charge in [-0.15, -0.1) is 10.2 Å². The zero-order chi connectivity index (χ0) is 13.8. The van der Waals surface area contributed by atoms with Crippen molar-refractivity contribution in [1.29, 1.82) is 0 Å². The van der Waals surface area contributed by atoms with Crippen molar-refractivity contribution in [2.75, 3.05) is 6.54 Å². The van der Waals surface area contributed by atoms with Crippen LogP contribution in [0.25, 0.3) is 10.6 Å². The number of nitrogens with one attached hydrogen (secondary N) is 1. The highest BCUT2D eigenvalue weighted by Gasteiger charge is 2.12. The lowest BCUT2D eigenvalue weighted by atomic mass is 10.2. The molecular formula is C14H18ClN3S. The quantitative estimate of drug-likeness (QED) is 0.897. The molecule has 1 atom stereocenters. The van der Waals surface area contributed by atoms with Gasteiger partial charge in [-0.2, -0.15) is 0 Å². The van der Waals surface area contributed by atoms with Gasteiger partial charge in [-0.3, -0.25) is 0 Å². The van der Waals surface area contributed by atoms with E-state index in [4.69, 9.17) is 11.6 Å². The highest BCUT2D eigenvalue weighted by atomic mass is 35.5. The molecule has 0 aliphatic rings. The van der Waals surface area contributed by atoms with E-state index in [1.807, 2.05) is 25.1 Å². The molecule has 2 rings (SSSR count). The Bertz CT molecular complexity index is 553. The Morgan fingerprint density at radius 3 is 2.84 bits per heavy atom. The van der Waals surface area contributed by atoms with E-state index in [0.717, 1.165) is 39.1 Å². The summed E-state index contributed by atoms with van der Waals surface area (Å²) in [4.78, 5) is 0. The molecule has 1 aromatic carbocycles. The molecule has 0 radical (unpaired) electrons. The van der Waals surface area contributed by atoms with Gasteiger partial charge in [0.1, 0.15) is 10.0 Å². The fourth-order valence-electron chi connectivity index (χ4n) is 1.70. The van der Waals surface area contributed by atoms with Crippen molar-refractivity contribution in [1.82, 2.24) is 15.5 Å². The molecular weight excluding hydrogens is 278 g/mol. The third-order valence-corrected chi connectivity index (χ3v) is 4.49. The summed E-state index contributed by atoms with van der Waals surface area (Å²) < 4.78 is 0. The predicted molar refractivity (Wildman–Crippen MR) is 81.8 cm³/mol. The first-order chi connectivity index (χ1) is 9.11. The number of rotatable bonds is 5. The van der Waals surface area contributed by atoms with Crippen LogP contribution in [0.2, 0.25) is 5.02 Å². The Labute approximate surface area is 123 Å². The van der Waals surface area contributed by atoms with E-state index in [1.165, 1.54) is 0 Å². The van der Waals surface area contributed by atoms with Gasteiger partial charge in [-0.1, -0.05) is 42.0 Å². The van der Waals surface area contributed by atoms with Crippen LogP contribution in [0.1, 0.15) is 36.9 Å². The Kier molecular flexibility index (Phi) is 4.91. The molecule has 1 N–H and O–H groups in total. The van der Waals surface area contributed by atoms with Gasteiger partial charge in [-0.25, -0.2) is 0 Å². The third kappa shape index (κ3) is 3.53. The van der Waals surface area contributed by atoms with Gasteiger partial charge in [-0.05, 0) is 38.4 Å². The summed E-state index contributed by atoms with van der Waals surface area (Å²) in [5.41, 5.74) is 2.11. The standard InChI is InChI=1S/C14H18ClN3S/c1-4-7-16-10(3)13-17-18-14(19-13)11-6-5-9(2)12(15)8-11/h5-6,8,10,16H,4,7H2,1-3H3. The number of benzene rings is 1. The van der Waals surface area contributed by atoms with Crippen LogP contribution in [0.5, 0.6) is 0 Å². The van der Waals surface area contributed by atoms with E-state index < -0.39 is 0 Å².